The van der Waals surface area contributed by atoms with Crippen LogP contribution in [-0.4, -0.2) is 14.9 Å². The van der Waals surface area contributed by atoms with Crippen LogP contribution in [0.5, 0.6) is 5.75 Å². The summed E-state index contributed by atoms with van der Waals surface area (Å²) in [5.41, 5.74) is 4.35. The summed E-state index contributed by atoms with van der Waals surface area (Å²) >= 11 is 5.36. The smallest absolute Gasteiger partial charge is 0.180 e. The summed E-state index contributed by atoms with van der Waals surface area (Å²) in [6, 6.07) is 16.3. The summed E-state index contributed by atoms with van der Waals surface area (Å²) in [4.78, 5) is 0. The van der Waals surface area contributed by atoms with Gasteiger partial charge in [0.05, 0.1) is 18.1 Å². The highest BCUT2D eigenvalue weighted by atomic mass is 32.1. The van der Waals surface area contributed by atoms with Gasteiger partial charge in [-0.2, -0.15) is 5.10 Å². The van der Waals surface area contributed by atoms with Crippen LogP contribution in [0.4, 0.5) is 11.4 Å². The van der Waals surface area contributed by atoms with Crippen molar-refractivity contribution in [3.8, 4) is 5.75 Å². The Balaban J connectivity index is 1.49. The Labute approximate surface area is 165 Å². The van der Waals surface area contributed by atoms with Gasteiger partial charge in [0.1, 0.15) is 5.75 Å². The van der Waals surface area contributed by atoms with E-state index < -0.39 is 0 Å². The average Bonchev–Trinajstić information content (AvgIpc) is 3.14. The molecule has 3 rings (SSSR count). The molecule has 5 nitrogen and oxygen atoms in total. The maximum atomic E-state index is 5.75. The first-order valence-corrected chi connectivity index (χ1v) is 9.48. The summed E-state index contributed by atoms with van der Waals surface area (Å²) in [6.07, 6.45) is 5.62. The van der Waals surface area contributed by atoms with Crippen molar-refractivity contribution in [2.75, 3.05) is 10.6 Å². The first kappa shape index (κ1) is 18.9. The van der Waals surface area contributed by atoms with Crippen LogP contribution in [-0.2, 0) is 19.6 Å². The molecular weight excluding hydrogens is 356 g/mol. The molecule has 1 aromatic heterocycles. The van der Waals surface area contributed by atoms with Crippen molar-refractivity contribution in [2.24, 2.45) is 0 Å². The van der Waals surface area contributed by atoms with Gasteiger partial charge in [-0.15, -0.1) is 0 Å². The molecule has 0 saturated heterocycles. The van der Waals surface area contributed by atoms with Gasteiger partial charge in [0.15, 0.2) is 11.8 Å². The predicted octanol–water partition coefficient (Wildman–Crippen LogP) is 4.85. The molecule has 140 valence electrons. The third kappa shape index (κ3) is 5.56. The Hall–Kier alpha value is -2.86. The maximum absolute atomic E-state index is 5.75. The second kappa shape index (κ2) is 9.19. The van der Waals surface area contributed by atoms with E-state index in [-0.39, 0.29) is 0 Å². The molecule has 1 heterocycles. The third-order valence-corrected chi connectivity index (χ3v) is 4.41. The van der Waals surface area contributed by atoms with E-state index >= 15 is 0 Å². The van der Waals surface area contributed by atoms with Gasteiger partial charge in [-0.05, 0) is 60.5 Å². The maximum Gasteiger partial charge on any atom is 0.180 e. The van der Waals surface area contributed by atoms with Crippen molar-refractivity contribution in [3.63, 3.8) is 0 Å². The zero-order valence-corrected chi connectivity index (χ0v) is 16.4. The van der Waals surface area contributed by atoms with E-state index in [1.165, 1.54) is 11.1 Å². The molecule has 2 N–H and O–H groups in total. The summed E-state index contributed by atoms with van der Waals surface area (Å²) in [5, 5.41) is 11.1. The Bertz CT molecular complexity index is 872. The molecule has 0 radical (unpaired) electrons. The number of nitrogens with one attached hydrogen (secondary N) is 2. The number of aryl methyl sites for hydroxylation is 2. The van der Waals surface area contributed by atoms with E-state index in [2.05, 4.69) is 53.8 Å². The van der Waals surface area contributed by atoms with Crippen molar-refractivity contribution in [3.05, 3.63) is 72.1 Å². The second-order valence-corrected chi connectivity index (χ2v) is 6.58. The molecule has 0 saturated carbocycles. The van der Waals surface area contributed by atoms with E-state index in [0.717, 1.165) is 30.0 Å². The Morgan fingerprint density at radius 1 is 0.926 bits per heavy atom. The molecule has 0 spiro atoms. The standard InChI is InChI=1S/C21H24N4OS/c1-3-16-5-9-18(10-6-16)23-21(27)24-19-13-22-25(14-19)15-26-20-11-7-17(4-2)8-12-20/h5-14H,3-4,15H2,1-2H3,(H2,23,24,27). The molecular formula is C21H24N4OS. The van der Waals surface area contributed by atoms with Crippen LogP contribution in [0.25, 0.3) is 0 Å². The first-order chi connectivity index (χ1) is 13.2. The fourth-order valence-corrected chi connectivity index (χ4v) is 2.81. The zero-order chi connectivity index (χ0) is 19.1. The zero-order valence-electron chi connectivity index (χ0n) is 15.6. The number of aromatic nitrogens is 2. The lowest BCUT2D eigenvalue weighted by molar-refractivity contribution is 0.221. The molecule has 0 unspecified atom stereocenters. The summed E-state index contributed by atoms with van der Waals surface area (Å²) in [6.45, 7) is 4.61. The number of ether oxygens (including phenoxy) is 1. The molecule has 0 aliphatic heterocycles. The molecule has 27 heavy (non-hydrogen) atoms. The SMILES string of the molecule is CCc1ccc(NC(=S)Nc2cnn(COc3ccc(CC)cc3)c2)cc1. The number of benzene rings is 2. The van der Waals surface area contributed by atoms with Gasteiger partial charge in [-0.1, -0.05) is 38.1 Å². The first-order valence-electron chi connectivity index (χ1n) is 9.07. The van der Waals surface area contributed by atoms with E-state index in [0.29, 0.717) is 11.8 Å². The lowest BCUT2D eigenvalue weighted by Crippen LogP contribution is -2.18. The van der Waals surface area contributed by atoms with Crippen LogP contribution in [0, 0.1) is 0 Å². The molecule has 0 atom stereocenters. The van der Waals surface area contributed by atoms with Crippen LogP contribution in [0.2, 0.25) is 0 Å². The van der Waals surface area contributed by atoms with Crippen molar-refractivity contribution in [2.45, 2.75) is 33.4 Å². The van der Waals surface area contributed by atoms with E-state index in [1.807, 2.05) is 30.5 Å². The second-order valence-electron chi connectivity index (χ2n) is 6.17. The summed E-state index contributed by atoms with van der Waals surface area (Å²) < 4.78 is 7.47. The van der Waals surface area contributed by atoms with Gasteiger partial charge in [-0.25, -0.2) is 4.68 Å². The van der Waals surface area contributed by atoms with Gasteiger partial charge in [0.25, 0.3) is 0 Å². The van der Waals surface area contributed by atoms with Gasteiger partial charge in [-0.3, -0.25) is 0 Å². The third-order valence-electron chi connectivity index (χ3n) is 4.21. The topological polar surface area (TPSA) is 51.1 Å². The molecule has 0 amide bonds. The molecule has 3 aromatic rings. The molecule has 6 heteroatoms. The van der Waals surface area contributed by atoms with Crippen LogP contribution < -0.4 is 15.4 Å². The average molecular weight is 381 g/mol. The molecule has 0 bridgehead atoms. The highest BCUT2D eigenvalue weighted by Crippen LogP contribution is 2.14. The molecule has 2 aromatic carbocycles. The lowest BCUT2D eigenvalue weighted by atomic mass is 10.1. The highest BCUT2D eigenvalue weighted by Gasteiger charge is 2.03. The van der Waals surface area contributed by atoms with Gasteiger partial charge in [0, 0.05) is 5.69 Å². The Morgan fingerprint density at radius 3 is 2.15 bits per heavy atom. The van der Waals surface area contributed by atoms with E-state index in [1.54, 1.807) is 10.9 Å². The van der Waals surface area contributed by atoms with Gasteiger partial charge < -0.3 is 15.4 Å². The minimum Gasteiger partial charge on any atom is -0.471 e. The summed E-state index contributed by atoms with van der Waals surface area (Å²) in [7, 11) is 0. The van der Waals surface area contributed by atoms with Crippen molar-refractivity contribution < 1.29 is 4.74 Å². The minimum absolute atomic E-state index is 0.339. The largest absolute Gasteiger partial charge is 0.471 e. The number of nitrogens with zero attached hydrogens (tertiary/aromatic N) is 2. The molecule has 0 aliphatic carbocycles. The number of thiocarbonyl (C=S) groups is 1. The van der Waals surface area contributed by atoms with Gasteiger partial charge in [0.2, 0.25) is 0 Å². The van der Waals surface area contributed by atoms with Crippen molar-refractivity contribution in [1.82, 2.24) is 9.78 Å². The quantitative estimate of drug-likeness (QED) is 0.574. The fraction of sp³-hybridized carbons (Fsp3) is 0.238. The fourth-order valence-electron chi connectivity index (χ4n) is 2.58. The Morgan fingerprint density at radius 2 is 1.52 bits per heavy atom. The number of anilines is 2. The number of rotatable bonds is 7. The monoisotopic (exact) mass is 380 g/mol. The normalized spacial score (nSPS) is 10.4. The van der Waals surface area contributed by atoms with Crippen LogP contribution in [0.1, 0.15) is 25.0 Å². The minimum atomic E-state index is 0.339. The molecule has 0 aliphatic rings. The number of hydrogen-bond acceptors (Lipinski definition) is 3. The molecule has 0 fully saturated rings. The van der Waals surface area contributed by atoms with Crippen LogP contribution in [0.15, 0.2) is 60.9 Å². The lowest BCUT2D eigenvalue weighted by Gasteiger charge is -2.09. The van der Waals surface area contributed by atoms with Crippen molar-refractivity contribution in [1.29, 1.82) is 0 Å². The van der Waals surface area contributed by atoms with E-state index in [9.17, 15) is 0 Å². The van der Waals surface area contributed by atoms with Crippen LogP contribution in [0.3, 0.4) is 0 Å². The summed E-state index contributed by atoms with van der Waals surface area (Å²) in [5.74, 6) is 0.824. The van der Waals surface area contributed by atoms with Gasteiger partial charge >= 0.3 is 0 Å². The predicted molar refractivity (Wildman–Crippen MR) is 114 cm³/mol. The van der Waals surface area contributed by atoms with E-state index in [4.69, 9.17) is 17.0 Å². The van der Waals surface area contributed by atoms with Crippen LogP contribution >= 0.6 is 12.2 Å². The number of hydrogen-bond donors (Lipinski definition) is 2. The van der Waals surface area contributed by atoms with Crippen molar-refractivity contribution >= 4 is 28.7 Å². The Kier molecular flexibility index (Phi) is 6.44. The highest BCUT2D eigenvalue weighted by molar-refractivity contribution is 7.80.